The molecule has 1 unspecified atom stereocenters. The third-order valence-electron chi connectivity index (χ3n) is 2.38. The highest BCUT2D eigenvalue weighted by Crippen LogP contribution is 2.07. The average molecular weight is 247 g/mol. The molecule has 0 saturated carbocycles. The number of hydrogen-bond acceptors (Lipinski definition) is 4. The minimum atomic E-state index is -1.45. The standard InChI is InChI=1S/C11H21NO5/c1-17-9(13)7-5-3-2-4-6-8-12-10(14)11(15)16/h9,13H,2-8H2,1H3,(H,12,14)(H,15,16). The van der Waals surface area contributed by atoms with Crippen LogP contribution in [0.25, 0.3) is 0 Å². The first-order valence-electron chi connectivity index (χ1n) is 5.80. The Kier molecular flexibility index (Phi) is 9.37. The third kappa shape index (κ3) is 9.77. The number of methoxy groups -OCH3 is 1. The number of carbonyl (C=O) groups excluding carboxylic acids is 1. The fourth-order valence-corrected chi connectivity index (χ4v) is 1.37. The largest absolute Gasteiger partial charge is 0.474 e. The molecule has 0 aromatic rings. The molecule has 0 heterocycles. The molecule has 0 fully saturated rings. The Morgan fingerprint density at radius 3 is 2.35 bits per heavy atom. The minimum absolute atomic E-state index is 0.395. The topological polar surface area (TPSA) is 95.9 Å². The maximum atomic E-state index is 10.6. The minimum Gasteiger partial charge on any atom is -0.474 e. The van der Waals surface area contributed by atoms with Crippen molar-refractivity contribution in [3.05, 3.63) is 0 Å². The van der Waals surface area contributed by atoms with Crippen LogP contribution in [0.2, 0.25) is 0 Å². The first kappa shape index (κ1) is 15.9. The van der Waals surface area contributed by atoms with Crippen LogP contribution in [0.3, 0.4) is 0 Å². The highest BCUT2D eigenvalue weighted by molar-refractivity contribution is 6.31. The van der Waals surface area contributed by atoms with Crippen LogP contribution in [0.4, 0.5) is 0 Å². The Hall–Kier alpha value is -1.14. The molecule has 0 aromatic carbocycles. The first-order valence-corrected chi connectivity index (χ1v) is 5.80. The Bertz CT molecular complexity index is 232. The van der Waals surface area contributed by atoms with Crippen molar-refractivity contribution in [3.63, 3.8) is 0 Å². The summed E-state index contributed by atoms with van der Waals surface area (Å²) in [6.07, 6.45) is 4.55. The number of rotatable bonds is 9. The van der Waals surface area contributed by atoms with Crippen LogP contribution >= 0.6 is 0 Å². The lowest BCUT2D eigenvalue weighted by atomic mass is 10.1. The maximum absolute atomic E-state index is 10.6. The van der Waals surface area contributed by atoms with E-state index in [-0.39, 0.29) is 0 Å². The number of carbonyl (C=O) groups is 2. The van der Waals surface area contributed by atoms with E-state index in [2.05, 4.69) is 5.32 Å². The van der Waals surface area contributed by atoms with Gasteiger partial charge in [-0.25, -0.2) is 4.79 Å². The molecule has 0 saturated heterocycles. The van der Waals surface area contributed by atoms with E-state index in [0.717, 1.165) is 32.1 Å². The summed E-state index contributed by atoms with van der Waals surface area (Å²) in [5.74, 6) is -2.40. The van der Waals surface area contributed by atoms with Gasteiger partial charge in [-0.1, -0.05) is 19.3 Å². The van der Waals surface area contributed by atoms with Crippen molar-refractivity contribution < 1.29 is 24.5 Å². The number of hydrogen-bond donors (Lipinski definition) is 3. The molecular weight excluding hydrogens is 226 g/mol. The number of aliphatic carboxylic acids is 1. The van der Waals surface area contributed by atoms with Gasteiger partial charge < -0.3 is 20.3 Å². The summed E-state index contributed by atoms with van der Waals surface area (Å²) < 4.78 is 4.70. The molecule has 0 spiro atoms. The van der Waals surface area contributed by atoms with E-state index in [0.29, 0.717) is 13.0 Å². The van der Waals surface area contributed by atoms with Crippen LogP contribution in [-0.4, -0.2) is 42.0 Å². The SMILES string of the molecule is COC(O)CCCCCCCNC(=O)C(=O)O. The second kappa shape index (κ2) is 10.0. The number of ether oxygens (including phenoxy) is 1. The highest BCUT2D eigenvalue weighted by atomic mass is 16.6. The van der Waals surface area contributed by atoms with E-state index in [4.69, 9.17) is 14.9 Å². The molecular formula is C11H21NO5. The lowest BCUT2D eigenvalue weighted by Gasteiger charge is -2.07. The second-order valence-electron chi connectivity index (χ2n) is 3.81. The van der Waals surface area contributed by atoms with Crippen LogP contribution in [-0.2, 0) is 14.3 Å². The van der Waals surface area contributed by atoms with Gasteiger partial charge in [-0.15, -0.1) is 0 Å². The first-order chi connectivity index (χ1) is 8.07. The highest BCUT2D eigenvalue weighted by Gasteiger charge is 2.08. The summed E-state index contributed by atoms with van der Waals surface area (Å²) in [5, 5.41) is 19.7. The molecule has 6 nitrogen and oxygen atoms in total. The van der Waals surface area contributed by atoms with Gasteiger partial charge in [-0.3, -0.25) is 4.79 Å². The number of amides is 1. The zero-order valence-electron chi connectivity index (χ0n) is 10.1. The van der Waals surface area contributed by atoms with E-state index >= 15 is 0 Å². The fraction of sp³-hybridized carbons (Fsp3) is 0.818. The van der Waals surface area contributed by atoms with Gasteiger partial charge in [0.25, 0.3) is 0 Å². The number of nitrogens with one attached hydrogen (secondary N) is 1. The molecule has 6 heteroatoms. The van der Waals surface area contributed by atoms with Gasteiger partial charge >= 0.3 is 11.9 Å². The molecule has 17 heavy (non-hydrogen) atoms. The van der Waals surface area contributed by atoms with Gasteiger partial charge in [-0.05, 0) is 19.3 Å². The third-order valence-corrected chi connectivity index (χ3v) is 2.38. The number of carboxylic acid groups (broad SMARTS) is 1. The molecule has 1 amide bonds. The summed E-state index contributed by atoms with van der Waals surface area (Å²) in [6.45, 7) is 0.395. The van der Waals surface area contributed by atoms with Gasteiger partial charge in [0.15, 0.2) is 6.29 Å². The van der Waals surface area contributed by atoms with Crippen molar-refractivity contribution >= 4 is 11.9 Å². The normalized spacial score (nSPS) is 12.1. The van der Waals surface area contributed by atoms with Crippen LogP contribution < -0.4 is 5.32 Å². The van der Waals surface area contributed by atoms with Crippen LogP contribution in [0.5, 0.6) is 0 Å². The molecule has 3 N–H and O–H groups in total. The molecule has 0 aliphatic heterocycles. The van der Waals surface area contributed by atoms with Gasteiger partial charge in [0.2, 0.25) is 0 Å². The quantitative estimate of drug-likeness (QED) is 0.313. The summed E-state index contributed by atoms with van der Waals surface area (Å²) in [5.41, 5.74) is 0. The Labute approximate surface area is 101 Å². The van der Waals surface area contributed by atoms with E-state index in [9.17, 15) is 9.59 Å². The zero-order valence-corrected chi connectivity index (χ0v) is 10.1. The number of unbranched alkanes of at least 4 members (excludes halogenated alkanes) is 4. The predicted octanol–water partition coefficient (Wildman–Crippen LogP) is 0.493. The lowest BCUT2D eigenvalue weighted by Crippen LogP contribution is -2.31. The number of aliphatic hydroxyl groups excluding tert-OH is 1. The van der Waals surface area contributed by atoms with Crippen molar-refractivity contribution in [2.24, 2.45) is 0 Å². The fourth-order valence-electron chi connectivity index (χ4n) is 1.37. The van der Waals surface area contributed by atoms with Crippen molar-refractivity contribution in [2.75, 3.05) is 13.7 Å². The summed E-state index contributed by atoms with van der Waals surface area (Å²) in [6, 6.07) is 0. The van der Waals surface area contributed by atoms with E-state index in [1.807, 2.05) is 0 Å². The molecule has 0 bridgehead atoms. The monoisotopic (exact) mass is 247 g/mol. The average Bonchev–Trinajstić information content (AvgIpc) is 2.31. The van der Waals surface area contributed by atoms with Gasteiger partial charge in [0.1, 0.15) is 0 Å². The van der Waals surface area contributed by atoms with E-state index in [1.54, 1.807) is 0 Å². The Morgan fingerprint density at radius 2 is 1.76 bits per heavy atom. The summed E-state index contributed by atoms with van der Waals surface area (Å²) in [4.78, 5) is 20.8. The van der Waals surface area contributed by atoms with Gasteiger partial charge in [0.05, 0.1) is 0 Å². The van der Waals surface area contributed by atoms with E-state index in [1.165, 1.54) is 7.11 Å². The molecule has 0 radical (unpaired) electrons. The smallest absolute Gasteiger partial charge is 0.394 e. The zero-order chi connectivity index (χ0) is 13.1. The van der Waals surface area contributed by atoms with Crippen molar-refractivity contribution in [2.45, 2.75) is 44.8 Å². The molecule has 1 atom stereocenters. The Balaban J connectivity index is 3.19. The van der Waals surface area contributed by atoms with Crippen molar-refractivity contribution in [1.29, 1.82) is 0 Å². The van der Waals surface area contributed by atoms with E-state index < -0.39 is 18.2 Å². The maximum Gasteiger partial charge on any atom is 0.394 e. The van der Waals surface area contributed by atoms with Crippen molar-refractivity contribution in [1.82, 2.24) is 5.32 Å². The van der Waals surface area contributed by atoms with Crippen molar-refractivity contribution in [3.8, 4) is 0 Å². The molecule has 100 valence electrons. The van der Waals surface area contributed by atoms with Gasteiger partial charge in [-0.2, -0.15) is 0 Å². The molecule has 0 aliphatic carbocycles. The molecule has 0 rings (SSSR count). The molecule has 0 aromatic heterocycles. The Morgan fingerprint density at radius 1 is 1.18 bits per heavy atom. The van der Waals surface area contributed by atoms with Gasteiger partial charge in [0, 0.05) is 13.7 Å². The predicted molar refractivity (Wildman–Crippen MR) is 61.4 cm³/mol. The van der Waals surface area contributed by atoms with Crippen LogP contribution in [0, 0.1) is 0 Å². The summed E-state index contributed by atoms with van der Waals surface area (Å²) >= 11 is 0. The van der Waals surface area contributed by atoms with Crippen LogP contribution in [0.15, 0.2) is 0 Å². The number of aliphatic hydroxyl groups is 1. The summed E-state index contributed by atoms with van der Waals surface area (Å²) in [7, 11) is 1.47. The number of carboxylic acids is 1. The second-order valence-corrected chi connectivity index (χ2v) is 3.81. The molecule has 0 aliphatic rings. The lowest BCUT2D eigenvalue weighted by molar-refractivity contribution is -0.150. The van der Waals surface area contributed by atoms with Crippen LogP contribution in [0.1, 0.15) is 38.5 Å².